The van der Waals surface area contributed by atoms with Gasteiger partial charge in [-0.25, -0.2) is 0 Å². The van der Waals surface area contributed by atoms with E-state index in [0.717, 1.165) is 29.0 Å². The average Bonchev–Trinajstić information content (AvgIpc) is 3.27. The normalized spacial score (nSPS) is 15.9. The minimum atomic E-state index is -0.00370. The fraction of sp³-hybridized carbons (Fsp3) is 0.167. The third-order valence-corrected chi connectivity index (χ3v) is 5.43. The van der Waals surface area contributed by atoms with Gasteiger partial charge in [-0.05, 0) is 35.9 Å². The number of rotatable bonds is 4. The number of ether oxygens (including phenoxy) is 1. The number of para-hydroxylation sites is 2. The number of anilines is 2. The van der Waals surface area contributed by atoms with Gasteiger partial charge in [-0.2, -0.15) is 0 Å². The van der Waals surface area contributed by atoms with Crippen LogP contribution in [0.15, 0.2) is 83.3 Å². The van der Waals surface area contributed by atoms with Crippen LogP contribution in [0.3, 0.4) is 0 Å². The molecular formula is C24H22N2O2. The molecule has 28 heavy (non-hydrogen) atoms. The molecule has 2 heterocycles. The largest absolute Gasteiger partial charge is 0.497 e. The molecule has 0 aliphatic carbocycles. The molecular weight excluding hydrogens is 348 g/mol. The maximum atomic E-state index is 6.30. The van der Waals surface area contributed by atoms with Gasteiger partial charge in [-0.3, -0.25) is 0 Å². The van der Waals surface area contributed by atoms with E-state index in [2.05, 4.69) is 77.5 Å². The van der Waals surface area contributed by atoms with E-state index < -0.39 is 0 Å². The third kappa shape index (κ3) is 2.69. The number of methoxy groups -OCH3 is 1. The summed E-state index contributed by atoms with van der Waals surface area (Å²) in [6.45, 7) is 0.813. The predicted octanol–water partition coefficient (Wildman–Crippen LogP) is 5.60. The van der Waals surface area contributed by atoms with Crippen molar-refractivity contribution in [2.24, 2.45) is 0 Å². The van der Waals surface area contributed by atoms with Crippen LogP contribution in [-0.4, -0.2) is 14.2 Å². The third-order valence-electron chi connectivity index (χ3n) is 5.43. The molecule has 0 radical (unpaired) electrons. The summed E-state index contributed by atoms with van der Waals surface area (Å²) in [5, 5.41) is 1.08. The molecule has 0 saturated carbocycles. The highest BCUT2D eigenvalue weighted by Crippen LogP contribution is 2.47. The quantitative estimate of drug-likeness (QED) is 0.468. The van der Waals surface area contributed by atoms with Crippen molar-refractivity contribution < 1.29 is 9.15 Å². The lowest BCUT2D eigenvalue weighted by atomic mass is 10.2. The Kier molecular flexibility index (Phi) is 3.97. The van der Waals surface area contributed by atoms with Gasteiger partial charge in [0.2, 0.25) is 0 Å². The fourth-order valence-corrected chi connectivity index (χ4v) is 4.06. The second-order valence-electron chi connectivity index (χ2n) is 7.14. The molecule has 1 aliphatic rings. The van der Waals surface area contributed by atoms with Crippen LogP contribution in [-0.2, 0) is 6.54 Å². The zero-order valence-electron chi connectivity index (χ0n) is 16.0. The Labute approximate surface area is 164 Å². The molecule has 5 rings (SSSR count). The SMILES string of the molecule is COc1ccc2cc([C@H]3N(C)c4ccccc4N3Cc3ccccc3)oc2c1. The highest BCUT2D eigenvalue weighted by molar-refractivity contribution is 5.82. The van der Waals surface area contributed by atoms with Gasteiger partial charge < -0.3 is 19.0 Å². The van der Waals surface area contributed by atoms with Crippen LogP contribution in [0, 0.1) is 0 Å². The van der Waals surface area contributed by atoms with Crippen molar-refractivity contribution >= 4 is 22.3 Å². The van der Waals surface area contributed by atoms with Crippen LogP contribution in [0.25, 0.3) is 11.0 Å². The van der Waals surface area contributed by atoms with Crippen molar-refractivity contribution in [3.05, 3.63) is 90.2 Å². The zero-order valence-corrected chi connectivity index (χ0v) is 16.0. The standard InChI is InChI=1S/C24H22N2O2/c1-25-20-10-6-7-11-21(20)26(16-17-8-4-3-5-9-17)24(25)23-14-18-12-13-19(27-2)15-22(18)28-23/h3-15,24H,16H2,1-2H3/t24-/m0/s1. The van der Waals surface area contributed by atoms with Crippen molar-refractivity contribution in [3.8, 4) is 5.75 Å². The van der Waals surface area contributed by atoms with E-state index >= 15 is 0 Å². The van der Waals surface area contributed by atoms with Crippen molar-refractivity contribution in [1.82, 2.24) is 0 Å². The van der Waals surface area contributed by atoms with E-state index in [9.17, 15) is 0 Å². The van der Waals surface area contributed by atoms with E-state index in [4.69, 9.17) is 9.15 Å². The van der Waals surface area contributed by atoms with Crippen molar-refractivity contribution in [3.63, 3.8) is 0 Å². The summed E-state index contributed by atoms with van der Waals surface area (Å²) in [6.07, 6.45) is -0.00370. The van der Waals surface area contributed by atoms with E-state index in [1.165, 1.54) is 16.9 Å². The molecule has 0 N–H and O–H groups in total. The van der Waals surface area contributed by atoms with E-state index in [1.54, 1.807) is 7.11 Å². The average molecular weight is 370 g/mol. The molecule has 3 aromatic carbocycles. The minimum Gasteiger partial charge on any atom is -0.497 e. The number of nitrogens with zero attached hydrogens (tertiary/aromatic N) is 2. The van der Waals surface area contributed by atoms with E-state index in [0.29, 0.717) is 0 Å². The summed E-state index contributed by atoms with van der Waals surface area (Å²) >= 11 is 0. The second-order valence-corrected chi connectivity index (χ2v) is 7.14. The van der Waals surface area contributed by atoms with Gasteiger partial charge in [0.25, 0.3) is 0 Å². The Balaban J connectivity index is 1.60. The summed E-state index contributed by atoms with van der Waals surface area (Å²) < 4.78 is 11.6. The van der Waals surface area contributed by atoms with Gasteiger partial charge >= 0.3 is 0 Å². The molecule has 4 aromatic rings. The van der Waals surface area contributed by atoms with Gasteiger partial charge in [0.15, 0.2) is 6.17 Å². The maximum Gasteiger partial charge on any atom is 0.162 e. The number of fused-ring (bicyclic) bond motifs is 2. The van der Waals surface area contributed by atoms with Crippen LogP contribution in [0.4, 0.5) is 11.4 Å². The number of hydrogen-bond donors (Lipinski definition) is 0. The van der Waals surface area contributed by atoms with Crippen molar-refractivity contribution in [1.29, 1.82) is 0 Å². The first-order valence-electron chi connectivity index (χ1n) is 9.44. The van der Waals surface area contributed by atoms with Crippen molar-refractivity contribution in [2.45, 2.75) is 12.7 Å². The Morgan fingerprint density at radius 1 is 0.893 bits per heavy atom. The zero-order chi connectivity index (χ0) is 19.1. The molecule has 1 aromatic heterocycles. The first-order chi connectivity index (χ1) is 13.7. The minimum absolute atomic E-state index is 0.00370. The second kappa shape index (κ2) is 6.64. The molecule has 0 amide bonds. The first-order valence-corrected chi connectivity index (χ1v) is 9.44. The highest BCUT2D eigenvalue weighted by atomic mass is 16.5. The molecule has 0 saturated heterocycles. The molecule has 0 spiro atoms. The summed E-state index contributed by atoms with van der Waals surface area (Å²) in [6, 6.07) is 27.2. The van der Waals surface area contributed by atoms with Crippen LogP contribution in [0.1, 0.15) is 17.5 Å². The monoisotopic (exact) mass is 370 g/mol. The molecule has 140 valence electrons. The molecule has 4 nitrogen and oxygen atoms in total. The summed E-state index contributed by atoms with van der Waals surface area (Å²) in [5.74, 6) is 1.73. The van der Waals surface area contributed by atoms with E-state index in [1.807, 2.05) is 18.2 Å². The van der Waals surface area contributed by atoms with Crippen LogP contribution < -0.4 is 14.5 Å². The molecule has 0 bridgehead atoms. The molecule has 0 unspecified atom stereocenters. The summed E-state index contributed by atoms with van der Waals surface area (Å²) in [4.78, 5) is 4.69. The van der Waals surface area contributed by atoms with Gasteiger partial charge in [-0.1, -0.05) is 42.5 Å². The van der Waals surface area contributed by atoms with Crippen molar-refractivity contribution in [2.75, 3.05) is 24.0 Å². The Morgan fingerprint density at radius 3 is 2.43 bits per heavy atom. The van der Waals surface area contributed by atoms with Gasteiger partial charge in [0, 0.05) is 25.0 Å². The molecule has 0 fully saturated rings. The highest BCUT2D eigenvalue weighted by Gasteiger charge is 2.36. The lowest BCUT2D eigenvalue weighted by molar-refractivity contribution is 0.413. The Morgan fingerprint density at radius 2 is 1.64 bits per heavy atom. The molecule has 1 aliphatic heterocycles. The fourth-order valence-electron chi connectivity index (χ4n) is 4.06. The molecule has 1 atom stereocenters. The van der Waals surface area contributed by atoms with Gasteiger partial charge in [0.1, 0.15) is 17.1 Å². The van der Waals surface area contributed by atoms with Crippen LogP contribution >= 0.6 is 0 Å². The number of furan rings is 1. The summed E-state index contributed by atoms with van der Waals surface area (Å²) in [5.41, 5.74) is 4.55. The number of hydrogen-bond acceptors (Lipinski definition) is 4. The maximum absolute atomic E-state index is 6.30. The molecule has 4 heteroatoms. The predicted molar refractivity (Wildman–Crippen MR) is 113 cm³/mol. The lowest BCUT2D eigenvalue weighted by Gasteiger charge is -2.29. The van der Waals surface area contributed by atoms with Gasteiger partial charge in [0.05, 0.1) is 18.5 Å². The number of benzene rings is 3. The van der Waals surface area contributed by atoms with E-state index in [-0.39, 0.29) is 6.17 Å². The Bertz CT molecular complexity index is 1120. The Hall–Kier alpha value is -3.40. The first kappa shape index (κ1) is 16.8. The van der Waals surface area contributed by atoms with Crippen LogP contribution in [0.5, 0.6) is 5.75 Å². The summed E-state index contributed by atoms with van der Waals surface area (Å²) in [7, 11) is 3.80. The lowest BCUT2D eigenvalue weighted by Crippen LogP contribution is -2.32. The van der Waals surface area contributed by atoms with Gasteiger partial charge in [-0.15, -0.1) is 0 Å². The topological polar surface area (TPSA) is 28.9 Å². The smallest absolute Gasteiger partial charge is 0.162 e. The van der Waals surface area contributed by atoms with Crippen LogP contribution in [0.2, 0.25) is 0 Å².